The van der Waals surface area contributed by atoms with E-state index in [-0.39, 0.29) is 12.3 Å². The van der Waals surface area contributed by atoms with Crippen LogP contribution in [-0.2, 0) is 23.6 Å². The Balaban J connectivity index is 2.56. The van der Waals surface area contributed by atoms with E-state index >= 15 is 0 Å². The molecule has 1 aromatic rings. The molecule has 2 heterocycles. The van der Waals surface area contributed by atoms with Gasteiger partial charge in [-0.05, 0) is 32.3 Å². The third kappa shape index (κ3) is 3.55. The third-order valence-corrected chi connectivity index (χ3v) is 4.00. The minimum atomic E-state index is -0.506. The van der Waals surface area contributed by atoms with Gasteiger partial charge in [-0.25, -0.2) is 9.59 Å². The molecule has 0 unspecified atom stereocenters. The van der Waals surface area contributed by atoms with Crippen LogP contribution in [0.1, 0.15) is 31.7 Å². The Morgan fingerprint density at radius 2 is 1.78 bits per heavy atom. The van der Waals surface area contributed by atoms with Crippen molar-refractivity contribution in [1.29, 1.82) is 0 Å². The van der Waals surface area contributed by atoms with Crippen molar-refractivity contribution in [3.8, 4) is 0 Å². The van der Waals surface area contributed by atoms with Crippen LogP contribution in [0.4, 0.5) is 5.82 Å². The number of rotatable bonds is 4. The molecule has 2 rings (SSSR count). The smallest absolute Gasteiger partial charge is 0.332 e. The van der Waals surface area contributed by atoms with Gasteiger partial charge in [0.2, 0.25) is 0 Å². The highest BCUT2D eigenvalue weighted by Crippen LogP contribution is 2.21. The van der Waals surface area contributed by atoms with Crippen LogP contribution in [0.25, 0.3) is 6.08 Å². The quantitative estimate of drug-likeness (QED) is 0.601. The molecule has 0 atom stereocenters. The average Bonchev–Trinajstić information content (AvgIpc) is 2.56. The van der Waals surface area contributed by atoms with E-state index < -0.39 is 11.5 Å². The molecule has 0 amide bonds. The van der Waals surface area contributed by atoms with Crippen LogP contribution < -0.4 is 16.1 Å². The van der Waals surface area contributed by atoms with Crippen LogP contribution >= 0.6 is 0 Å². The van der Waals surface area contributed by atoms with E-state index in [2.05, 4.69) is 0 Å². The van der Waals surface area contributed by atoms with Gasteiger partial charge in [-0.3, -0.25) is 13.9 Å². The normalized spacial score (nSPS) is 15.2. The Bertz CT molecular complexity index is 724. The van der Waals surface area contributed by atoms with Crippen molar-refractivity contribution < 1.29 is 9.53 Å². The summed E-state index contributed by atoms with van der Waals surface area (Å²) >= 11 is 0. The van der Waals surface area contributed by atoms with Gasteiger partial charge in [0.15, 0.2) is 0 Å². The number of hydrogen-bond acceptors (Lipinski definition) is 5. The molecule has 0 aromatic carbocycles. The molecule has 1 aromatic heterocycles. The van der Waals surface area contributed by atoms with Crippen molar-refractivity contribution in [2.24, 2.45) is 14.1 Å². The van der Waals surface area contributed by atoms with Gasteiger partial charge in [0, 0.05) is 33.3 Å². The van der Waals surface area contributed by atoms with E-state index in [0.29, 0.717) is 11.4 Å². The molecule has 7 heteroatoms. The summed E-state index contributed by atoms with van der Waals surface area (Å²) in [6.07, 6.45) is 5.86. The fourth-order valence-corrected chi connectivity index (χ4v) is 2.84. The highest BCUT2D eigenvalue weighted by Gasteiger charge is 2.21. The molecule has 0 bridgehead atoms. The first-order chi connectivity index (χ1) is 11.0. The summed E-state index contributed by atoms with van der Waals surface area (Å²) in [5.41, 5.74) is -0.442. The minimum Gasteiger partial charge on any atom is -0.463 e. The molecule has 23 heavy (non-hydrogen) atoms. The lowest BCUT2D eigenvalue weighted by atomic mass is 10.1. The van der Waals surface area contributed by atoms with Gasteiger partial charge < -0.3 is 9.64 Å². The van der Waals surface area contributed by atoms with Crippen molar-refractivity contribution >= 4 is 17.9 Å². The van der Waals surface area contributed by atoms with Gasteiger partial charge in [-0.15, -0.1) is 0 Å². The van der Waals surface area contributed by atoms with Crippen molar-refractivity contribution in [3.63, 3.8) is 0 Å². The summed E-state index contributed by atoms with van der Waals surface area (Å²) < 4.78 is 7.38. The van der Waals surface area contributed by atoms with E-state index in [1.165, 1.54) is 23.8 Å². The Hall–Kier alpha value is -2.31. The number of hydrogen-bond donors (Lipinski definition) is 0. The number of anilines is 1. The number of carbonyl (C=O) groups excluding carboxylic acids is 1. The van der Waals surface area contributed by atoms with Gasteiger partial charge in [0.05, 0.1) is 12.2 Å². The summed E-state index contributed by atoms with van der Waals surface area (Å²) in [7, 11) is 3.08. The van der Waals surface area contributed by atoms with Gasteiger partial charge in [-0.1, -0.05) is 0 Å². The predicted molar refractivity (Wildman–Crippen MR) is 88.7 cm³/mol. The average molecular weight is 321 g/mol. The SMILES string of the molecule is CCOC(=O)/C=C/c1c(N2CCCCC2)n(C)c(=O)n(C)c1=O. The maximum Gasteiger partial charge on any atom is 0.332 e. The second-order valence-corrected chi connectivity index (χ2v) is 5.58. The molecule has 0 spiro atoms. The second kappa shape index (κ2) is 7.30. The van der Waals surface area contributed by atoms with Crippen LogP contribution in [0.5, 0.6) is 0 Å². The molecular formula is C16H23N3O4. The highest BCUT2D eigenvalue weighted by atomic mass is 16.5. The molecule has 0 radical (unpaired) electrons. The molecule has 1 saturated heterocycles. The fraction of sp³-hybridized carbons (Fsp3) is 0.562. The van der Waals surface area contributed by atoms with Crippen LogP contribution in [-0.4, -0.2) is 34.8 Å². The van der Waals surface area contributed by atoms with E-state index in [0.717, 1.165) is 36.9 Å². The predicted octanol–water partition coefficient (Wildman–Crippen LogP) is 0.651. The first-order valence-electron chi connectivity index (χ1n) is 7.87. The largest absolute Gasteiger partial charge is 0.463 e. The Kier molecular flexibility index (Phi) is 5.41. The molecular weight excluding hydrogens is 298 g/mol. The zero-order valence-corrected chi connectivity index (χ0v) is 13.9. The molecule has 126 valence electrons. The number of aromatic nitrogens is 2. The maximum absolute atomic E-state index is 12.5. The van der Waals surface area contributed by atoms with Crippen LogP contribution in [0.15, 0.2) is 15.7 Å². The number of ether oxygens (including phenoxy) is 1. The fourth-order valence-electron chi connectivity index (χ4n) is 2.84. The van der Waals surface area contributed by atoms with Gasteiger partial charge in [0.1, 0.15) is 5.82 Å². The molecule has 0 aliphatic carbocycles. The Morgan fingerprint density at radius 1 is 1.13 bits per heavy atom. The number of carbonyl (C=O) groups is 1. The molecule has 1 aliphatic rings. The first-order valence-corrected chi connectivity index (χ1v) is 7.87. The second-order valence-electron chi connectivity index (χ2n) is 5.58. The summed E-state index contributed by atoms with van der Waals surface area (Å²) in [5.74, 6) is 0.0614. The lowest BCUT2D eigenvalue weighted by molar-refractivity contribution is -0.137. The Labute approximate surface area is 134 Å². The third-order valence-electron chi connectivity index (χ3n) is 4.00. The lowest BCUT2D eigenvalue weighted by Gasteiger charge is -2.31. The van der Waals surface area contributed by atoms with Crippen LogP contribution in [0, 0.1) is 0 Å². The summed E-state index contributed by atoms with van der Waals surface area (Å²) in [4.78, 5) is 38.3. The number of piperidine rings is 1. The van der Waals surface area contributed by atoms with Crippen LogP contribution in [0.2, 0.25) is 0 Å². The van der Waals surface area contributed by atoms with Crippen molar-refractivity contribution in [2.75, 3.05) is 24.6 Å². The van der Waals surface area contributed by atoms with Crippen molar-refractivity contribution in [2.45, 2.75) is 26.2 Å². The van der Waals surface area contributed by atoms with Crippen LogP contribution in [0.3, 0.4) is 0 Å². The monoisotopic (exact) mass is 321 g/mol. The van der Waals surface area contributed by atoms with Gasteiger partial charge >= 0.3 is 11.7 Å². The minimum absolute atomic E-state index is 0.271. The summed E-state index contributed by atoms with van der Waals surface area (Å²) in [6, 6.07) is 0. The molecule has 1 fully saturated rings. The maximum atomic E-state index is 12.5. The molecule has 7 nitrogen and oxygen atoms in total. The van der Waals surface area contributed by atoms with E-state index in [1.807, 2.05) is 4.90 Å². The lowest BCUT2D eigenvalue weighted by Crippen LogP contribution is -2.43. The van der Waals surface area contributed by atoms with E-state index in [9.17, 15) is 14.4 Å². The molecule has 0 N–H and O–H groups in total. The van der Waals surface area contributed by atoms with Crippen molar-refractivity contribution in [1.82, 2.24) is 9.13 Å². The van der Waals surface area contributed by atoms with Gasteiger partial charge in [-0.2, -0.15) is 0 Å². The topological polar surface area (TPSA) is 73.5 Å². The zero-order valence-electron chi connectivity index (χ0n) is 13.9. The Morgan fingerprint density at radius 3 is 2.39 bits per heavy atom. The zero-order chi connectivity index (χ0) is 17.0. The van der Waals surface area contributed by atoms with Crippen molar-refractivity contribution in [3.05, 3.63) is 32.5 Å². The summed E-state index contributed by atoms with van der Waals surface area (Å²) in [6.45, 7) is 3.57. The van der Waals surface area contributed by atoms with E-state index in [1.54, 1.807) is 14.0 Å². The number of esters is 1. The first kappa shape index (κ1) is 17.1. The molecule has 1 aliphatic heterocycles. The standard InChI is InChI=1S/C16H23N3O4/c1-4-23-13(20)9-8-12-14(19-10-6-5-7-11-19)17(2)16(22)18(3)15(12)21/h8-9H,4-7,10-11H2,1-3H3/b9-8+. The number of nitrogens with zero attached hydrogens (tertiary/aromatic N) is 3. The van der Waals surface area contributed by atoms with Gasteiger partial charge in [0.25, 0.3) is 5.56 Å². The molecule has 0 saturated carbocycles. The highest BCUT2D eigenvalue weighted by molar-refractivity contribution is 5.88. The van der Waals surface area contributed by atoms with E-state index in [4.69, 9.17) is 4.74 Å². The summed E-state index contributed by atoms with van der Waals surface area (Å²) in [5, 5.41) is 0.